The number of morpholine rings is 1. The molecule has 0 bridgehead atoms. The number of methoxy groups -OCH3 is 3. The summed E-state index contributed by atoms with van der Waals surface area (Å²) < 4.78 is 26.5. The first kappa shape index (κ1) is 17.1. The van der Waals surface area contributed by atoms with Crippen molar-refractivity contribution in [3.63, 3.8) is 0 Å². The van der Waals surface area contributed by atoms with Gasteiger partial charge in [-0.1, -0.05) is 0 Å². The molecule has 0 radical (unpaired) electrons. The first-order valence-corrected chi connectivity index (χ1v) is 7.81. The van der Waals surface area contributed by atoms with E-state index in [-0.39, 0.29) is 11.6 Å². The van der Waals surface area contributed by atoms with Crippen molar-refractivity contribution in [3.05, 3.63) is 29.6 Å². The van der Waals surface area contributed by atoms with Crippen molar-refractivity contribution >= 4 is 11.9 Å². The highest BCUT2D eigenvalue weighted by molar-refractivity contribution is 6.11. The van der Waals surface area contributed by atoms with Gasteiger partial charge in [-0.05, 0) is 12.1 Å². The number of carbonyl (C=O) groups is 1. The standard InChI is InChI=1S/C17H20N2O6/c1-21-13-8-11(9-14(22-2)15(13)23-3)16-18-12(17(20)25-16)10-19-4-6-24-7-5-19/h8-10H,4-7H2,1-3H3/b12-10-. The molecule has 0 N–H and O–H groups in total. The summed E-state index contributed by atoms with van der Waals surface area (Å²) in [7, 11) is 4.57. The second kappa shape index (κ2) is 7.43. The summed E-state index contributed by atoms with van der Waals surface area (Å²) in [5.41, 5.74) is 0.818. The van der Waals surface area contributed by atoms with Crippen LogP contribution in [0.2, 0.25) is 0 Å². The largest absolute Gasteiger partial charge is 0.493 e. The maximum atomic E-state index is 12.1. The van der Waals surface area contributed by atoms with E-state index in [1.807, 2.05) is 4.90 Å². The van der Waals surface area contributed by atoms with Crippen molar-refractivity contribution < 1.29 is 28.5 Å². The van der Waals surface area contributed by atoms with Crippen LogP contribution in [-0.2, 0) is 14.3 Å². The molecule has 3 rings (SSSR count). The number of hydrogen-bond acceptors (Lipinski definition) is 8. The third kappa shape index (κ3) is 3.53. The van der Waals surface area contributed by atoms with Gasteiger partial charge >= 0.3 is 5.97 Å². The minimum atomic E-state index is -0.491. The molecule has 0 aromatic heterocycles. The lowest BCUT2D eigenvalue weighted by Crippen LogP contribution is -2.32. The number of esters is 1. The number of nitrogens with zero attached hydrogens (tertiary/aromatic N) is 2. The van der Waals surface area contributed by atoms with E-state index < -0.39 is 5.97 Å². The Morgan fingerprint density at radius 3 is 2.28 bits per heavy atom. The van der Waals surface area contributed by atoms with E-state index in [4.69, 9.17) is 23.7 Å². The molecule has 2 heterocycles. The summed E-state index contributed by atoms with van der Waals surface area (Å²) in [5.74, 6) is 1.09. The van der Waals surface area contributed by atoms with Crippen molar-refractivity contribution in [2.45, 2.75) is 0 Å². The molecule has 8 heteroatoms. The van der Waals surface area contributed by atoms with Gasteiger partial charge in [-0.3, -0.25) is 0 Å². The second-order valence-corrected chi connectivity index (χ2v) is 5.38. The van der Waals surface area contributed by atoms with Gasteiger partial charge in [-0.15, -0.1) is 0 Å². The molecular formula is C17H20N2O6. The van der Waals surface area contributed by atoms with E-state index in [1.54, 1.807) is 18.3 Å². The number of aliphatic imine (C=N–C) groups is 1. The molecule has 1 aromatic rings. The fourth-order valence-electron chi connectivity index (χ4n) is 2.61. The lowest BCUT2D eigenvalue weighted by Gasteiger charge is -2.24. The van der Waals surface area contributed by atoms with Gasteiger partial charge in [0, 0.05) is 24.9 Å². The van der Waals surface area contributed by atoms with Crippen molar-refractivity contribution in [1.82, 2.24) is 4.90 Å². The smallest absolute Gasteiger partial charge is 0.365 e. The predicted octanol–water partition coefficient (Wildman–Crippen LogP) is 1.19. The first-order valence-electron chi connectivity index (χ1n) is 7.81. The molecule has 0 saturated carbocycles. The van der Waals surface area contributed by atoms with E-state index in [9.17, 15) is 4.79 Å². The number of rotatable bonds is 5. The van der Waals surface area contributed by atoms with E-state index >= 15 is 0 Å². The Balaban J connectivity index is 1.92. The summed E-state index contributed by atoms with van der Waals surface area (Å²) >= 11 is 0. The van der Waals surface area contributed by atoms with Crippen molar-refractivity contribution in [2.24, 2.45) is 4.99 Å². The van der Waals surface area contributed by atoms with Crippen LogP contribution in [0.5, 0.6) is 17.2 Å². The zero-order chi connectivity index (χ0) is 17.8. The minimum absolute atomic E-state index is 0.198. The highest BCUT2D eigenvalue weighted by atomic mass is 16.6. The van der Waals surface area contributed by atoms with Gasteiger partial charge in [-0.2, -0.15) is 0 Å². The van der Waals surface area contributed by atoms with Crippen LogP contribution in [0.3, 0.4) is 0 Å². The molecule has 0 atom stereocenters. The first-order chi connectivity index (χ1) is 12.2. The average Bonchev–Trinajstić information content (AvgIpc) is 3.01. The zero-order valence-electron chi connectivity index (χ0n) is 14.4. The fourth-order valence-corrected chi connectivity index (χ4v) is 2.61. The summed E-state index contributed by atoms with van der Waals surface area (Å²) in [4.78, 5) is 18.4. The van der Waals surface area contributed by atoms with Crippen LogP contribution < -0.4 is 14.2 Å². The Morgan fingerprint density at radius 1 is 1.08 bits per heavy atom. The molecular weight excluding hydrogens is 328 g/mol. The normalized spacial score (nSPS) is 18.8. The van der Waals surface area contributed by atoms with Gasteiger partial charge in [0.05, 0.1) is 34.5 Å². The Bertz CT molecular complexity index is 697. The van der Waals surface area contributed by atoms with Gasteiger partial charge in [-0.25, -0.2) is 9.79 Å². The molecule has 1 saturated heterocycles. The van der Waals surface area contributed by atoms with Gasteiger partial charge in [0.1, 0.15) is 0 Å². The Kier molecular flexibility index (Phi) is 5.08. The molecule has 0 unspecified atom stereocenters. The van der Waals surface area contributed by atoms with Crippen LogP contribution in [0.25, 0.3) is 0 Å². The lowest BCUT2D eigenvalue weighted by atomic mass is 10.2. The minimum Gasteiger partial charge on any atom is -0.493 e. The van der Waals surface area contributed by atoms with E-state index in [0.29, 0.717) is 49.1 Å². The summed E-state index contributed by atoms with van der Waals surface area (Å²) in [6.07, 6.45) is 1.70. The third-order valence-corrected chi connectivity index (χ3v) is 3.88. The summed E-state index contributed by atoms with van der Waals surface area (Å²) in [6.45, 7) is 2.68. The molecule has 2 aliphatic rings. The maximum Gasteiger partial charge on any atom is 0.365 e. The third-order valence-electron chi connectivity index (χ3n) is 3.88. The molecule has 0 aliphatic carbocycles. The van der Waals surface area contributed by atoms with E-state index in [0.717, 1.165) is 0 Å². The fraction of sp³-hybridized carbons (Fsp3) is 0.412. The summed E-state index contributed by atoms with van der Waals surface area (Å²) in [6, 6.07) is 3.37. The predicted molar refractivity (Wildman–Crippen MR) is 89.2 cm³/mol. The maximum absolute atomic E-state index is 12.1. The molecule has 0 spiro atoms. The van der Waals surface area contributed by atoms with Crippen molar-refractivity contribution in [2.75, 3.05) is 47.6 Å². The molecule has 1 fully saturated rings. The summed E-state index contributed by atoms with van der Waals surface area (Å²) in [5, 5.41) is 0. The number of benzene rings is 1. The Morgan fingerprint density at radius 2 is 1.72 bits per heavy atom. The van der Waals surface area contributed by atoms with Gasteiger partial charge < -0.3 is 28.6 Å². The molecule has 0 amide bonds. The van der Waals surface area contributed by atoms with Crippen LogP contribution in [0, 0.1) is 0 Å². The van der Waals surface area contributed by atoms with Crippen molar-refractivity contribution in [1.29, 1.82) is 0 Å². The van der Waals surface area contributed by atoms with Gasteiger partial charge in [0.15, 0.2) is 17.2 Å². The number of ether oxygens (including phenoxy) is 5. The molecule has 1 aromatic carbocycles. The van der Waals surface area contributed by atoms with Crippen LogP contribution in [0.15, 0.2) is 29.0 Å². The number of carbonyl (C=O) groups excluding carboxylic acids is 1. The second-order valence-electron chi connectivity index (χ2n) is 5.38. The van der Waals surface area contributed by atoms with Crippen LogP contribution in [0.1, 0.15) is 5.56 Å². The van der Waals surface area contributed by atoms with E-state index in [2.05, 4.69) is 4.99 Å². The van der Waals surface area contributed by atoms with Crippen LogP contribution in [-0.4, -0.2) is 64.4 Å². The molecule has 134 valence electrons. The lowest BCUT2D eigenvalue weighted by molar-refractivity contribution is -0.130. The quantitative estimate of drug-likeness (QED) is 0.584. The SMILES string of the molecule is COc1cc(C2=N/C(=C\N3CCOCC3)C(=O)O2)cc(OC)c1OC. The van der Waals surface area contributed by atoms with Crippen LogP contribution in [0.4, 0.5) is 0 Å². The molecule has 2 aliphatic heterocycles. The number of cyclic esters (lactones) is 1. The molecule has 25 heavy (non-hydrogen) atoms. The Labute approximate surface area is 145 Å². The highest BCUT2D eigenvalue weighted by Crippen LogP contribution is 2.39. The topological polar surface area (TPSA) is 78.8 Å². The monoisotopic (exact) mass is 348 g/mol. The Hall–Kier alpha value is -2.74. The average molecular weight is 348 g/mol. The van der Waals surface area contributed by atoms with E-state index in [1.165, 1.54) is 21.3 Å². The number of hydrogen-bond donors (Lipinski definition) is 0. The van der Waals surface area contributed by atoms with Crippen LogP contribution >= 0.6 is 0 Å². The van der Waals surface area contributed by atoms with Crippen molar-refractivity contribution in [3.8, 4) is 17.2 Å². The van der Waals surface area contributed by atoms with Gasteiger partial charge in [0.25, 0.3) is 0 Å². The molecule has 8 nitrogen and oxygen atoms in total. The van der Waals surface area contributed by atoms with Gasteiger partial charge in [0.2, 0.25) is 11.6 Å². The highest BCUT2D eigenvalue weighted by Gasteiger charge is 2.27. The zero-order valence-corrected chi connectivity index (χ0v) is 14.4.